The first-order chi connectivity index (χ1) is 6.77. The van der Waals surface area contributed by atoms with E-state index in [4.69, 9.17) is 4.52 Å². The summed E-state index contributed by atoms with van der Waals surface area (Å²) in [5.74, 6) is 0.395. The van der Waals surface area contributed by atoms with Crippen LogP contribution in [0.15, 0.2) is 13.9 Å². The van der Waals surface area contributed by atoms with Gasteiger partial charge < -0.3 is 4.52 Å². The smallest absolute Gasteiger partial charge is 0.277 e. The van der Waals surface area contributed by atoms with Crippen LogP contribution in [0, 0.1) is 0 Å². The van der Waals surface area contributed by atoms with Gasteiger partial charge >= 0.3 is 0 Å². The Morgan fingerprint density at radius 3 is 3.00 bits per heavy atom. The van der Waals surface area contributed by atoms with E-state index >= 15 is 0 Å². The minimum atomic E-state index is -0.230. The lowest BCUT2D eigenvalue weighted by atomic mass is 10.2. The third-order valence-electron chi connectivity index (χ3n) is 2.35. The minimum Gasteiger partial charge on any atom is -0.353 e. The predicted molar refractivity (Wildman–Crippen MR) is 52.1 cm³/mol. The van der Waals surface area contributed by atoms with Crippen molar-refractivity contribution >= 4 is 26.9 Å². The number of H-pyrrole nitrogens is 1. The van der Waals surface area contributed by atoms with E-state index in [2.05, 4.69) is 31.3 Å². The molecule has 0 amide bonds. The summed E-state index contributed by atoms with van der Waals surface area (Å²) < 4.78 is 5.57. The number of fused-ring (bicyclic) bond motifs is 1. The van der Waals surface area contributed by atoms with Gasteiger partial charge in [-0.2, -0.15) is 5.10 Å². The summed E-state index contributed by atoms with van der Waals surface area (Å²) in [6.07, 6.45) is 2.17. The van der Waals surface area contributed by atoms with Crippen LogP contribution in [-0.2, 0) is 0 Å². The lowest BCUT2D eigenvalue weighted by molar-refractivity contribution is 0.444. The monoisotopic (exact) mass is 255 g/mol. The van der Waals surface area contributed by atoms with Crippen LogP contribution >= 0.6 is 15.9 Å². The van der Waals surface area contributed by atoms with Gasteiger partial charge in [-0.3, -0.25) is 4.79 Å². The fourth-order valence-corrected chi connectivity index (χ4v) is 1.86. The summed E-state index contributed by atoms with van der Waals surface area (Å²) in [5, 5.41) is 10.6. The second kappa shape index (κ2) is 2.66. The van der Waals surface area contributed by atoms with Crippen LogP contribution in [0.3, 0.4) is 0 Å². The zero-order valence-corrected chi connectivity index (χ0v) is 8.67. The highest BCUT2D eigenvalue weighted by Gasteiger charge is 2.31. The number of aromatic amines is 1. The van der Waals surface area contributed by atoms with Crippen LogP contribution in [0.4, 0.5) is 0 Å². The summed E-state index contributed by atoms with van der Waals surface area (Å²) in [7, 11) is 0. The third-order valence-corrected chi connectivity index (χ3v) is 2.89. The molecule has 0 bridgehead atoms. The molecular formula is C8H6BrN3O2. The molecule has 0 saturated heterocycles. The first-order valence-electron chi connectivity index (χ1n) is 4.31. The van der Waals surface area contributed by atoms with Crippen LogP contribution < -0.4 is 5.56 Å². The molecule has 0 atom stereocenters. The van der Waals surface area contributed by atoms with E-state index < -0.39 is 0 Å². The van der Waals surface area contributed by atoms with E-state index in [1.165, 1.54) is 0 Å². The Balaban J connectivity index is 2.43. The molecule has 0 radical (unpaired) electrons. The Bertz CT molecular complexity index is 555. The normalized spacial score (nSPS) is 16.4. The maximum Gasteiger partial charge on any atom is 0.277 e. The van der Waals surface area contributed by atoms with Gasteiger partial charge in [-0.1, -0.05) is 5.16 Å². The Hall–Kier alpha value is -1.17. The number of nitrogens with zero attached hydrogens (tertiary/aromatic N) is 2. The van der Waals surface area contributed by atoms with E-state index in [1.807, 2.05) is 0 Å². The molecule has 1 aliphatic carbocycles. The molecule has 1 saturated carbocycles. The van der Waals surface area contributed by atoms with Gasteiger partial charge in [0.1, 0.15) is 11.1 Å². The van der Waals surface area contributed by atoms with Gasteiger partial charge in [0.25, 0.3) is 5.56 Å². The van der Waals surface area contributed by atoms with E-state index in [1.54, 1.807) is 0 Å². The molecule has 3 rings (SSSR count). The molecule has 6 heteroatoms. The molecule has 0 aromatic carbocycles. The van der Waals surface area contributed by atoms with Gasteiger partial charge in [0.2, 0.25) is 5.58 Å². The summed E-state index contributed by atoms with van der Waals surface area (Å²) in [5.41, 5.74) is 0.978. The molecule has 2 aromatic rings. The average molecular weight is 256 g/mol. The van der Waals surface area contributed by atoms with Crippen LogP contribution in [0.25, 0.3) is 11.0 Å². The van der Waals surface area contributed by atoms with Crippen molar-refractivity contribution in [2.75, 3.05) is 0 Å². The van der Waals surface area contributed by atoms with Crippen molar-refractivity contribution in [2.45, 2.75) is 18.8 Å². The first-order valence-corrected chi connectivity index (χ1v) is 5.10. The molecule has 14 heavy (non-hydrogen) atoms. The molecule has 0 aliphatic heterocycles. The van der Waals surface area contributed by atoms with Crippen molar-refractivity contribution in [2.24, 2.45) is 0 Å². The Morgan fingerprint density at radius 2 is 2.29 bits per heavy atom. The lowest BCUT2D eigenvalue weighted by Crippen LogP contribution is -2.08. The number of halogens is 1. The van der Waals surface area contributed by atoms with Gasteiger partial charge in [0, 0.05) is 5.92 Å². The first kappa shape index (κ1) is 8.16. The number of aromatic nitrogens is 3. The molecule has 0 unspecified atom stereocenters. The van der Waals surface area contributed by atoms with Crippen molar-refractivity contribution in [3.05, 3.63) is 20.7 Å². The number of hydrogen-bond donors (Lipinski definition) is 1. The largest absolute Gasteiger partial charge is 0.353 e. The van der Waals surface area contributed by atoms with Gasteiger partial charge in [0.15, 0.2) is 4.60 Å². The summed E-state index contributed by atoms with van der Waals surface area (Å²) in [6, 6.07) is 0. The van der Waals surface area contributed by atoms with E-state index in [-0.39, 0.29) is 5.56 Å². The fraction of sp³-hybridized carbons (Fsp3) is 0.375. The minimum absolute atomic E-state index is 0.230. The molecular weight excluding hydrogens is 250 g/mol. The van der Waals surface area contributed by atoms with Crippen LogP contribution in [-0.4, -0.2) is 15.4 Å². The van der Waals surface area contributed by atoms with E-state index in [9.17, 15) is 4.79 Å². The van der Waals surface area contributed by atoms with Gasteiger partial charge in [-0.25, -0.2) is 5.10 Å². The summed E-state index contributed by atoms with van der Waals surface area (Å²) >= 11 is 3.20. The zero-order chi connectivity index (χ0) is 9.71. The van der Waals surface area contributed by atoms with Crippen molar-refractivity contribution in [3.8, 4) is 0 Å². The second-order valence-corrected chi connectivity index (χ2v) is 4.14. The topological polar surface area (TPSA) is 71.8 Å². The van der Waals surface area contributed by atoms with Crippen LogP contribution in [0.5, 0.6) is 0 Å². The molecule has 1 N–H and O–H groups in total. The maximum absolute atomic E-state index is 11.5. The highest BCUT2D eigenvalue weighted by Crippen LogP contribution is 2.42. The van der Waals surface area contributed by atoms with Gasteiger partial charge in [-0.05, 0) is 28.8 Å². The molecule has 2 aromatic heterocycles. The third kappa shape index (κ3) is 1.03. The van der Waals surface area contributed by atoms with E-state index in [0.29, 0.717) is 21.5 Å². The maximum atomic E-state index is 11.5. The standard InChI is InChI=1S/C8H6BrN3O2/c9-7-6-4(8(13)11-10-7)5(12-14-6)3-1-2-3/h3H,1-2H2,(H,11,13). The number of hydrogen-bond acceptors (Lipinski definition) is 4. The van der Waals surface area contributed by atoms with Crippen molar-refractivity contribution in [3.63, 3.8) is 0 Å². The van der Waals surface area contributed by atoms with E-state index in [0.717, 1.165) is 18.5 Å². The zero-order valence-electron chi connectivity index (χ0n) is 7.08. The van der Waals surface area contributed by atoms with Crippen LogP contribution in [0.2, 0.25) is 0 Å². The SMILES string of the molecule is O=c1[nH]nc(Br)c2onc(C3CC3)c12. The fourth-order valence-electron chi connectivity index (χ4n) is 1.50. The Morgan fingerprint density at radius 1 is 1.50 bits per heavy atom. The quantitative estimate of drug-likeness (QED) is 0.840. The van der Waals surface area contributed by atoms with Crippen molar-refractivity contribution in [1.82, 2.24) is 15.4 Å². The predicted octanol–water partition coefficient (Wildman–Crippen LogP) is 1.55. The Kier molecular flexibility index (Phi) is 1.55. The Labute approximate surface area is 86.6 Å². The summed E-state index contributed by atoms with van der Waals surface area (Å²) in [6.45, 7) is 0. The second-order valence-electron chi connectivity index (χ2n) is 3.39. The lowest BCUT2D eigenvalue weighted by Gasteiger charge is -1.90. The molecule has 2 heterocycles. The number of nitrogens with one attached hydrogen (secondary N) is 1. The highest BCUT2D eigenvalue weighted by molar-refractivity contribution is 9.10. The molecule has 0 spiro atoms. The summed E-state index contributed by atoms with van der Waals surface area (Å²) in [4.78, 5) is 11.5. The van der Waals surface area contributed by atoms with Gasteiger partial charge in [-0.15, -0.1) is 0 Å². The average Bonchev–Trinajstić information content (AvgIpc) is 2.91. The van der Waals surface area contributed by atoms with Crippen molar-refractivity contribution < 1.29 is 4.52 Å². The molecule has 1 fully saturated rings. The molecule has 72 valence electrons. The highest BCUT2D eigenvalue weighted by atomic mass is 79.9. The number of rotatable bonds is 1. The molecule has 1 aliphatic rings. The van der Waals surface area contributed by atoms with Gasteiger partial charge in [0.05, 0.1) is 0 Å². The van der Waals surface area contributed by atoms with Crippen molar-refractivity contribution in [1.29, 1.82) is 0 Å². The van der Waals surface area contributed by atoms with Crippen LogP contribution in [0.1, 0.15) is 24.5 Å². The molecule has 5 nitrogen and oxygen atoms in total.